The van der Waals surface area contributed by atoms with Gasteiger partial charge in [-0.25, -0.2) is 8.42 Å². The standard InChI is InChI=1S/C29H34ClN3O6S/c1-20(2)31-29(35)21(3)32(18-22-10-9-11-23(30)16-22)28(34)19-33(40(36,37)25-12-7-6-8-13-25)24-14-15-26(38-4)27(17-24)39-5/h6-17,20-21H,18-19H2,1-5H3,(H,31,35)/t21-/m0/s1. The predicted octanol–water partition coefficient (Wildman–Crippen LogP) is 4.49. The molecule has 0 bridgehead atoms. The van der Waals surface area contributed by atoms with Crippen molar-refractivity contribution in [3.63, 3.8) is 0 Å². The lowest BCUT2D eigenvalue weighted by molar-refractivity contribution is -0.139. The summed E-state index contributed by atoms with van der Waals surface area (Å²) in [6, 6.07) is 18.3. The zero-order valence-electron chi connectivity index (χ0n) is 23.1. The van der Waals surface area contributed by atoms with E-state index in [2.05, 4.69) is 5.32 Å². The zero-order valence-corrected chi connectivity index (χ0v) is 24.7. The lowest BCUT2D eigenvalue weighted by Gasteiger charge is -2.32. The third-order valence-electron chi connectivity index (χ3n) is 6.11. The first kappa shape index (κ1) is 30.8. The van der Waals surface area contributed by atoms with Gasteiger partial charge in [0.1, 0.15) is 12.6 Å². The zero-order chi connectivity index (χ0) is 29.4. The summed E-state index contributed by atoms with van der Waals surface area (Å²) in [6.45, 7) is 4.70. The average Bonchev–Trinajstić information content (AvgIpc) is 2.93. The number of hydrogen-bond donors (Lipinski definition) is 1. The second kappa shape index (κ2) is 13.5. The fraction of sp³-hybridized carbons (Fsp3) is 0.310. The Hall–Kier alpha value is -3.76. The summed E-state index contributed by atoms with van der Waals surface area (Å²) in [5.41, 5.74) is 0.880. The number of anilines is 1. The number of amides is 2. The highest BCUT2D eigenvalue weighted by Crippen LogP contribution is 2.34. The van der Waals surface area contributed by atoms with E-state index in [-0.39, 0.29) is 29.1 Å². The number of ether oxygens (including phenoxy) is 2. The van der Waals surface area contributed by atoms with Gasteiger partial charge in [-0.2, -0.15) is 0 Å². The first-order valence-electron chi connectivity index (χ1n) is 12.6. The van der Waals surface area contributed by atoms with E-state index in [0.29, 0.717) is 22.1 Å². The molecule has 0 saturated carbocycles. The number of nitrogens with one attached hydrogen (secondary N) is 1. The fourth-order valence-corrected chi connectivity index (χ4v) is 5.69. The van der Waals surface area contributed by atoms with Crippen LogP contribution in [0.25, 0.3) is 0 Å². The molecule has 3 rings (SSSR count). The van der Waals surface area contributed by atoms with Crippen LogP contribution in [0.2, 0.25) is 5.02 Å². The molecule has 11 heteroatoms. The van der Waals surface area contributed by atoms with Crippen LogP contribution in [0.4, 0.5) is 5.69 Å². The highest BCUT2D eigenvalue weighted by molar-refractivity contribution is 7.92. The number of rotatable bonds is 12. The average molecular weight is 588 g/mol. The van der Waals surface area contributed by atoms with Gasteiger partial charge in [-0.3, -0.25) is 13.9 Å². The molecule has 0 heterocycles. The minimum Gasteiger partial charge on any atom is -0.493 e. The summed E-state index contributed by atoms with van der Waals surface area (Å²) in [4.78, 5) is 28.3. The normalized spacial score (nSPS) is 12.0. The van der Waals surface area contributed by atoms with Crippen LogP contribution in [0.3, 0.4) is 0 Å². The van der Waals surface area contributed by atoms with Crippen molar-refractivity contribution >= 4 is 39.1 Å². The van der Waals surface area contributed by atoms with E-state index >= 15 is 0 Å². The molecule has 214 valence electrons. The maximum atomic E-state index is 14.0. The van der Waals surface area contributed by atoms with Gasteiger partial charge in [0.25, 0.3) is 10.0 Å². The highest BCUT2D eigenvalue weighted by Gasteiger charge is 2.33. The Bertz CT molecular complexity index is 1430. The SMILES string of the molecule is COc1ccc(N(CC(=O)N(Cc2cccc(Cl)c2)[C@@H](C)C(=O)NC(C)C)S(=O)(=O)c2ccccc2)cc1OC. The van der Waals surface area contributed by atoms with Crippen LogP contribution in [0.1, 0.15) is 26.3 Å². The Morgan fingerprint density at radius 3 is 2.17 bits per heavy atom. The molecule has 1 N–H and O–H groups in total. The molecular formula is C29H34ClN3O6S. The third kappa shape index (κ3) is 7.45. The molecule has 0 fully saturated rings. The number of sulfonamides is 1. The molecule has 0 spiro atoms. The minimum atomic E-state index is -4.20. The van der Waals surface area contributed by atoms with Crippen molar-refractivity contribution in [1.29, 1.82) is 0 Å². The lowest BCUT2D eigenvalue weighted by Crippen LogP contribution is -2.52. The maximum absolute atomic E-state index is 14.0. The summed E-state index contributed by atoms with van der Waals surface area (Å²) in [6.07, 6.45) is 0. The second-order valence-corrected chi connectivity index (χ2v) is 11.7. The first-order valence-corrected chi connectivity index (χ1v) is 14.4. The Morgan fingerprint density at radius 1 is 0.900 bits per heavy atom. The fourth-order valence-electron chi connectivity index (χ4n) is 4.05. The van der Waals surface area contributed by atoms with Gasteiger partial charge in [-0.05, 0) is 62.7 Å². The molecule has 0 radical (unpaired) electrons. The van der Waals surface area contributed by atoms with Crippen LogP contribution >= 0.6 is 11.6 Å². The molecule has 0 aliphatic carbocycles. The van der Waals surface area contributed by atoms with Crippen LogP contribution < -0.4 is 19.1 Å². The molecule has 1 atom stereocenters. The van der Waals surface area contributed by atoms with Crippen LogP contribution in [-0.2, 0) is 26.2 Å². The first-order chi connectivity index (χ1) is 19.0. The summed E-state index contributed by atoms with van der Waals surface area (Å²) in [5.74, 6) is -0.257. The topological polar surface area (TPSA) is 105 Å². The van der Waals surface area contributed by atoms with E-state index in [4.69, 9.17) is 21.1 Å². The van der Waals surface area contributed by atoms with E-state index in [1.807, 2.05) is 13.8 Å². The van der Waals surface area contributed by atoms with Crippen molar-refractivity contribution in [2.45, 2.75) is 44.3 Å². The number of nitrogens with zero attached hydrogens (tertiary/aromatic N) is 2. The smallest absolute Gasteiger partial charge is 0.264 e. The molecule has 0 saturated heterocycles. The van der Waals surface area contributed by atoms with Gasteiger partial charge in [0.15, 0.2) is 11.5 Å². The Kier molecular flexibility index (Phi) is 10.4. The number of halogens is 1. The van der Waals surface area contributed by atoms with Gasteiger partial charge >= 0.3 is 0 Å². The molecule has 0 aromatic heterocycles. The van der Waals surface area contributed by atoms with Gasteiger partial charge in [0.2, 0.25) is 11.8 Å². The van der Waals surface area contributed by atoms with Crippen molar-refractivity contribution in [3.05, 3.63) is 83.4 Å². The summed E-state index contributed by atoms with van der Waals surface area (Å²) in [7, 11) is -1.30. The molecule has 3 aromatic carbocycles. The summed E-state index contributed by atoms with van der Waals surface area (Å²) < 4.78 is 39.5. The molecule has 0 aliphatic rings. The number of carbonyl (C=O) groups excluding carboxylic acids is 2. The minimum absolute atomic E-state index is 0.00424. The van der Waals surface area contributed by atoms with Crippen LogP contribution in [0.15, 0.2) is 77.7 Å². The number of methoxy groups -OCH3 is 2. The third-order valence-corrected chi connectivity index (χ3v) is 8.13. The maximum Gasteiger partial charge on any atom is 0.264 e. The van der Waals surface area contributed by atoms with E-state index in [9.17, 15) is 18.0 Å². The molecule has 9 nitrogen and oxygen atoms in total. The Labute approximate surface area is 240 Å². The number of benzene rings is 3. The van der Waals surface area contributed by atoms with Crippen LogP contribution in [0.5, 0.6) is 11.5 Å². The molecule has 0 aliphatic heterocycles. The molecular weight excluding hydrogens is 554 g/mol. The molecule has 40 heavy (non-hydrogen) atoms. The van der Waals surface area contributed by atoms with E-state index in [1.165, 1.54) is 43.4 Å². The molecule has 3 aromatic rings. The Morgan fingerprint density at radius 2 is 1.57 bits per heavy atom. The van der Waals surface area contributed by atoms with E-state index in [0.717, 1.165) is 4.31 Å². The van der Waals surface area contributed by atoms with Gasteiger partial charge in [-0.15, -0.1) is 0 Å². The lowest BCUT2D eigenvalue weighted by atomic mass is 10.1. The van der Waals surface area contributed by atoms with Gasteiger partial charge in [0, 0.05) is 23.7 Å². The predicted molar refractivity (Wildman–Crippen MR) is 155 cm³/mol. The van der Waals surface area contributed by atoms with Crippen molar-refractivity contribution < 1.29 is 27.5 Å². The van der Waals surface area contributed by atoms with Gasteiger partial charge in [0.05, 0.1) is 24.8 Å². The highest BCUT2D eigenvalue weighted by atomic mass is 35.5. The quantitative estimate of drug-likeness (QED) is 0.335. The number of carbonyl (C=O) groups is 2. The van der Waals surface area contributed by atoms with Crippen LogP contribution in [-0.4, -0.2) is 58.0 Å². The van der Waals surface area contributed by atoms with Crippen molar-refractivity contribution in [2.24, 2.45) is 0 Å². The van der Waals surface area contributed by atoms with Crippen LogP contribution in [0, 0.1) is 0 Å². The van der Waals surface area contributed by atoms with Crippen molar-refractivity contribution in [1.82, 2.24) is 10.2 Å². The monoisotopic (exact) mass is 587 g/mol. The van der Waals surface area contributed by atoms with Gasteiger partial charge < -0.3 is 19.7 Å². The van der Waals surface area contributed by atoms with Crippen molar-refractivity contribution in [3.8, 4) is 11.5 Å². The second-order valence-electron chi connectivity index (χ2n) is 9.35. The van der Waals surface area contributed by atoms with Gasteiger partial charge in [-0.1, -0.05) is 41.9 Å². The summed E-state index contributed by atoms with van der Waals surface area (Å²) in [5, 5.41) is 3.30. The molecule has 2 amide bonds. The van der Waals surface area contributed by atoms with E-state index in [1.54, 1.807) is 55.5 Å². The van der Waals surface area contributed by atoms with Crippen molar-refractivity contribution in [2.75, 3.05) is 25.1 Å². The summed E-state index contributed by atoms with van der Waals surface area (Å²) >= 11 is 6.17. The Balaban J connectivity index is 2.08. The molecule has 0 unspecified atom stereocenters. The van der Waals surface area contributed by atoms with E-state index < -0.39 is 28.5 Å². The largest absolute Gasteiger partial charge is 0.493 e. The number of hydrogen-bond acceptors (Lipinski definition) is 6.